The zero-order valence-corrected chi connectivity index (χ0v) is 17.4. The van der Waals surface area contributed by atoms with Crippen LogP contribution in [-0.4, -0.2) is 65.5 Å². The van der Waals surface area contributed by atoms with E-state index in [4.69, 9.17) is 4.74 Å². The number of carbonyl (C=O) groups excluding carboxylic acids is 2. The quantitative estimate of drug-likeness (QED) is 0.558. The van der Waals surface area contributed by atoms with E-state index in [1.54, 1.807) is 19.0 Å². The van der Waals surface area contributed by atoms with Crippen molar-refractivity contribution in [1.82, 2.24) is 14.7 Å². The summed E-state index contributed by atoms with van der Waals surface area (Å²) in [6.07, 6.45) is 4.15. The Hall–Kier alpha value is -2.34. The number of carbonyl (C=O) groups is 2. The summed E-state index contributed by atoms with van der Waals surface area (Å²) in [5.41, 5.74) is 1.71. The molecule has 28 heavy (non-hydrogen) atoms. The van der Waals surface area contributed by atoms with Crippen LogP contribution in [0.3, 0.4) is 0 Å². The lowest BCUT2D eigenvalue weighted by molar-refractivity contribution is -0.134. The molecule has 0 aliphatic carbocycles. The van der Waals surface area contributed by atoms with Crippen LogP contribution < -0.4 is 4.74 Å². The van der Waals surface area contributed by atoms with Crippen molar-refractivity contribution in [3.05, 3.63) is 42.0 Å². The first kappa shape index (κ1) is 20.4. The lowest BCUT2D eigenvalue weighted by Crippen LogP contribution is -2.55. The van der Waals surface area contributed by atoms with E-state index in [2.05, 4.69) is 23.6 Å². The topological polar surface area (TPSA) is 53.1 Å². The fourth-order valence-electron chi connectivity index (χ4n) is 4.25. The zero-order valence-electron chi connectivity index (χ0n) is 17.4. The van der Waals surface area contributed by atoms with Gasteiger partial charge in [-0.2, -0.15) is 0 Å². The van der Waals surface area contributed by atoms with Gasteiger partial charge in [-0.3, -0.25) is 14.6 Å². The highest BCUT2D eigenvalue weighted by Gasteiger charge is 2.55. The highest BCUT2D eigenvalue weighted by molar-refractivity contribution is 6.06. The molecule has 2 saturated heterocycles. The van der Waals surface area contributed by atoms with Gasteiger partial charge in [-0.05, 0) is 50.3 Å². The highest BCUT2D eigenvalue weighted by Crippen LogP contribution is 2.36. The predicted molar refractivity (Wildman–Crippen MR) is 109 cm³/mol. The summed E-state index contributed by atoms with van der Waals surface area (Å²) in [7, 11) is 3.32. The molecule has 0 radical (unpaired) electrons. The molecule has 0 saturated carbocycles. The molecule has 152 valence electrons. The molecular weight excluding hydrogens is 354 g/mol. The molecular formula is C22H31N3O3. The average Bonchev–Trinajstić information content (AvgIpc) is 2.82. The van der Waals surface area contributed by atoms with Gasteiger partial charge in [-0.15, -0.1) is 6.58 Å². The van der Waals surface area contributed by atoms with E-state index in [-0.39, 0.29) is 18.0 Å². The van der Waals surface area contributed by atoms with Crippen molar-refractivity contribution >= 4 is 11.9 Å². The maximum Gasteiger partial charge on any atom is 0.327 e. The van der Waals surface area contributed by atoms with Crippen molar-refractivity contribution in [3.63, 3.8) is 0 Å². The predicted octanol–water partition coefficient (Wildman–Crippen LogP) is 3.06. The van der Waals surface area contributed by atoms with Gasteiger partial charge in [0.15, 0.2) is 0 Å². The molecule has 0 aromatic heterocycles. The monoisotopic (exact) mass is 385 g/mol. The third kappa shape index (κ3) is 3.65. The number of likely N-dealkylation sites (tertiary alicyclic amines) is 1. The minimum Gasteiger partial charge on any atom is -0.491 e. The summed E-state index contributed by atoms with van der Waals surface area (Å²) < 4.78 is 5.91. The Morgan fingerprint density at radius 1 is 1.21 bits per heavy atom. The normalized spacial score (nSPS) is 19.8. The number of nitrogens with zero attached hydrogens (tertiary/aromatic N) is 3. The molecule has 2 heterocycles. The Bertz CT molecular complexity index is 766. The lowest BCUT2D eigenvalue weighted by Gasteiger charge is -2.40. The number of hydrogen-bond acceptors (Lipinski definition) is 4. The third-order valence-electron chi connectivity index (χ3n) is 5.86. The second-order valence-electron chi connectivity index (χ2n) is 8.11. The first-order valence-electron chi connectivity index (χ1n) is 9.96. The number of amides is 3. The van der Waals surface area contributed by atoms with Gasteiger partial charge in [0, 0.05) is 33.7 Å². The standard InChI is InChI=1S/C22H31N3O3/c1-6-7-18-14-17(8-9-19(18)28-16(2)3)15-25-12-10-22(11-13-25)20(26)23(4)21(27)24(22)5/h6,8-9,14,16H,1,7,10-13,15H2,2-5H3. The van der Waals surface area contributed by atoms with Gasteiger partial charge in [-0.1, -0.05) is 18.2 Å². The first-order chi connectivity index (χ1) is 13.3. The second kappa shape index (κ2) is 7.95. The molecule has 2 fully saturated rings. The van der Waals surface area contributed by atoms with Crippen LogP contribution in [0.1, 0.15) is 37.8 Å². The van der Waals surface area contributed by atoms with Crippen molar-refractivity contribution in [2.75, 3.05) is 27.2 Å². The number of rotatable bonds is 6. The maximum atomic E-state index is 12.6. The van der Waals surface area contributed by atoms with Crippen LogP contribution in [-0.2, 0) is 17.8 Å². The number of imide groups is 1. The molecule has 1 spiro atoms. The molecule has 1 aromatic carbocycles. The van der Waals surface area contributed by atoms with E-state index >= 15 is 0 Å². The second-order valence-corrected chi connectivity index (χ2v) is 8.11. The van der Waals surface area contributed by atoms with Gasteiger partial charge in [0.1, 0.15) is 11.3 Å². The van der Waals surface area contributed by atoms with Crippen LogP contribution in [0, 0.1) is 0 Å². The van der Waals surface area contributed by atoms with Crippen LogP contribution in [0.25, 0.3) is 0 Å². The highest BCUT2D eigenvalue weighted by atomic mass is 16.5. The van der Waals surface area contributed by atoms with Gasteiger partial charge in [0.25, 0.3) is 5.91 Å². The molecule has 0 unspecified atom stereocenters. The summed E-state index contributed by atoms with van der Waals surface area (Å²) in [4.78, 5) is 30.0. The molecule has 0 N–H and O–H groups in total. The van der Waals surface area contributed by atoms with E-state index in [0.717, 1.165) is 37.4 Å². The van der Waals surface area contributed by atoms with E-state index in [1.165, 1.54) is 10.5 Å². The molecule has 2 aliphatic heterocycles. The molecule has 0 atom stereocenters. The Morgan fingerprint density at radius 2 is 1.89 bits per heavy atom. The summed E-state index contributed by atoms with van der Waals surface area (Å²) in [6, 6.07) is 6.14. The molecule has 0 bridgehead atoms. The van der Waals surface area contributed by atoms with Crippen molar-refractivity contribution in [2.24, 2.45) is 0 Å². The van der Waals surface area contributed by atoms with Crippen LogP contribution in [0.15, 0.2) is 30.9 Å². The Kier molecular flexibility index (Phi) is 5.79. The lowest BCUT2D eigenvalue weighted by atomic mass is 9.86. The van der Waals surface area contributed by atoms with Crippen LogP contribution in [0.5, 0.6) is 5.75 Å². The molecule has 6 heteroatoms. The van der Waals surface area contributed by atoms with Crippen molar-refractivity contribution in [1.29, 1.82) is 0 Å². The van der Waals surface area contributed by atoms with Crippen molar-refractivity contribution in [3.8, 4) is 5.75 Å². The Labute approximate surface area is 167 Å². The largest absolute Gasteiger partial charge is 0.491 e. The van der Waals surface area contributed by atoms with E-state index < -0.39 is 5.54 Å². The van der Waals surface area contributed by atoms with Gasteiger partial charge in [0.2, 0.25) is 0 Å². The number of allylic oxidation sites excluding steroid dienone is 1. The number of piperidine rings is 1. The Morgan fingerprint density at radius 3 is 2.43 bits per heavy atom. The zero-order chi connectivity index (χ0) is 20.5. The van der Waals surface area contributed by atoms with Crippen molar-refractivity contribution in [2.45, 2.75) is 51.3 Å². The van der Waals surface area contributed by atoms with Gasteiger partial charge in [-0.25, -0.2) is 4.79 Å². The smallest absolute Gasteiger partial charge is 0.327 e. The van der Waals surface area contributed by atoms with Crippen molar-refractivity contribution < 1.29 is 14.3 Å². The molecule has 2 aliphatic rings. The summed E-state index contributed by atoms with van der Waals surface area (Å²) >= 11 is 0. The van der Waals surface area contributed by atoms with E-state index in [9.17, 15) is 9.59 Å². The third-order valence-corrected chi connectivity index (χ3v) is 5.86. The fraction of sp³-hybridized carbons (Fsp3) is 0.545. The SMILES string of the molecule is C=CCc1cc(CN2CCC3(CC2)C(=O)N(C)C(=O)N3C)ccc1OC(C)C. The number of urea groups is 1. The van der Waals surface area contributed by atoms with Crippen LogP contribution in [0.4, 0.5) is 4.79 Å². The van der Waals surface area contributed by atoms with E-state index in [0.29, 0.717) is 12.8 Å². The van der Waals surface area contributed by atoms with E-state index in [1.807, 2.05) is 26.0 Å². The summed E-state index contributed by atoms with van der Waals surface area (Å²) in [6.45, 7) is 10.3. The minimum absolute atomic E-state index is 0.0666. The fourth-order valence-corrected chi connectivity index (χ4v) is 4.25. The maximum absolute atomic E-state index is 12.6. The summed E-state index contributed by atoms with van der Waals surface area (Å²) in [5.74, 6) is 0.846. The number of likely N-dealkylation sites (N-methyl/N-ethyl adjacent to an activating group) is 2. The Balaban J connectivity index is 1.68. The number of benzene rings is 1. The van der Waals surface area contributed by atoms with Gasteiger partial charge in [0.05, 0.1) is 6.10 Å². The molecule has 1 aromatic rings. The number of ether oxygens (including phenoxy) is 1. The van der Waals surface area contributed by atoms with Gasteiger partial charge >= 0.3 is 6.03 Å². The summed E-state index contributed by atoms with van der Waals surface area (Å²) in [5, 5.41) is 0. The van der Waals surface area contributed by atoms with Crippen LogP contribution in [0.2, 0.25) is 0 Å². The molecule has 3 rings (SSSR count). The molecule has 6 nitrogen and oxygen atoms in total. The average molecular weight is 386 g/mol. The molecule has 3 amide bonds. The first-order valence-corrected chi connectivity index (χ1v) is 9.96. The number of hydrogen-bond donors (Lipinski definition) is 0. The van der Waals surface area contributed by atoms with Crippen LogP contribution >= 0.6 is 0 Å². The minimum atomic E-state index is -0.661. The van der Waals surface area contributed by atoms with Gasteiger partial charge < -0.3 is 9.64 Å².